The maximum Gasteiger partial charge on any atom is 0.397 e. The van der Waals surface area contributed by atoms with Crippen LogP contribution in [0.5, 0.6) is 5.75 Å². The Morgan fingerprint density at radius 1 is 0.434 bits per heavy atom. The summed E-state index contributed by atoms with van der Waals surface area (Å²) in [7, 11) is -21.6. The Kier molecular flexibility index (Phi) is 16.6. The summed E-state index contributed by atoms with van der Waals surface area (Å²) in [6.45, 7) is -1.58. The van der Waals surface area contributed by atoms with Crippen LogP contribution in [0.3, 0.4) is 0 Å². The summed E-state index contributed by atoms with van der Waals surface area (Å²) in [5.41, 5.74) is 20.5. The van der Waals surface area contributed by atoms with Gasteiger partial charge in [0.1, 0.15) is 22.7 Å². The third-order valence-electron chi connectivity index (χ3n) is 10.3. The van der Waals surface area contributed by atoms with Gasteiger partial charge in [0.05, 0.1) is 84.6 Å². The van der Waals surface area contributed by atoms with E-state index < -0.39 is 75.2 Å². The van der Waals surface area contributed by atoms with Crippen LogP contribution in [0.15, 0.2) is 189 Å². The normalized spacial score (nSPS) is 12.9. The molecule has 0 bridgehead atoms. The highest BCUT2D eigenvalue weighted by molar-refractivity contribution is 7.93. The molecule has 0 radical (unpaired) electrons. The van der Waals surface area contributed by atoms with Gasteiger partial charge in [0, 0.05) is 5.69 Å². The van der Waals surface area contributed by atoms with E-state index in [2.05, 4.69) is 54.0 Å². The maximum atomic E-state index is 13.3. The van der Waals surface area contributed by atoms with Crippen molar-refractivity contribution in [1.82, 2.24) is 0 Å². The molecule has 27 nitrogen and oxygen atoms in total. The first kappa shape index (κ1) is 55.5. The van der Waals surface area contributed by atoms with E-state index in [0.717, 1.165) is 0 Å². The zero-order chi connectivity index (χ0) is 55.1. The van der Waals surface area contributed by atoms with Gasteiger partial charge in [0.15, 0.2) is 25.4 Å². The molecule has 0 heterocycles. The van der Waals surface area contributed by atoms with Gasteiger partial charge in [-0.05, 0) is 127 Å². The van der Waals surface area contributed by atoms with Crippen molar-refractivity contribution in [2.75, 3.05) is 46.6 Å². The third kappa shape index (κ3) is 14.5. The largest absolute Gasteiger partial charge is 0.505 e. The van der Waals surface area contributed by atoms with Crippen LogP contribution < -0.4 is 21.9 Å². The highest BCUT2D eigenvalue weighted by Gasteiger charge is 2.20. The number of sulfone groups is 2. The number of benzene rings is 7. The van der Waals surface area contributed by atoms with Gasteiger partial charge in [-0.1, -0.05) is 12.1 Å². The molecule has 0 amide bonds. The van der Waals surface area contributed by atoms with E-state index in [1.807, 2.05) is 0 Å². The number of anilines is 4. The second-order valence-corrected chi connectivity index (χ2v) is 23.6. The number of nitrogens with zero attached hydrogens (tertiary/aromatic N) is 8. The molecule has 0 aliphatic heterocycles. The van der Waals surface area contributed by atoms with E-state index in [4.69, 9.17) is 26.3 Å². The van der Waals surface area contributed by atoms with E-state index in [9.17, 15) is 47.2 Å². The van der Waals surface area contributed by atoms with Crippen LogP contribution in [-0.2, 0) is 58.9 Å². The first-order valence-electron chi connectivity index (χ1n) is 21.3. The molecule has 0 aliphatic rings. The molecule has 0 aliphatic carbocycles. The van der Waals surface area contributed by atoms with Gasteiger partial charge in [0.2, 0.25) is 0 Å². The van der Waals surface area contributed by atoms with Gasteiger partial charge < -0.3 is 22.3 Å². The number of phenols is 1. The van der Waals surface area contributed by atoms with Crippen molar-refractivity contribution in [1.29, 1.82) is 0 Å². The van der Waals surface area contributed by atoms with Crippen molar-refractivity contribution in [3.05, 3.63) is 133 Å². The number of nitrogens with one attached hydrogen (secondary N) is 1. The molecule has 10 N–H and O–H groups in total. The molecule has 76 heavy (non-hydrogen) atoms. The molecule has 0 aromatic heterocycles. The molecule has 396 valence electrons. The van der Waals surface area contributed by atoms with E-state index in [1.165, 1.54) is 115 Å². The van der Waals surface area contributed by atoms with E-state index in [1.54, 1.807) is 18.2 Å². The number of azo groups is 4. The topological polar surface area (TPSA) is 439 Å². The lowest BCUT2D eigenvalue weighted by Gasteiger charge is -2.09. The summed E-state index contributed by atoms with van der Waals surface area (Å²) in [5, 5.41) is 44.8. The first-order valence-corrected chi connectivity index (χ1v) is 28.8. The number of phenolic OH excluding ortho intramolecular Hbond substituents is 1. The van der Waals surface area contributed by atoms with Crippen molar-refractivity contribution in [3.8, 4) is 5.75 Å². The standard InChI is InChI=1S/C44H40N12O15S5/c45-36-19-22-38(42(47)43(36)55-51-31-9-15-34(16-10-31)73(60,61)26-24-71-76(67,68)69)53-48-28-3-5-32(6-4-28)56-74(62,63)35-17-11-30(12-18-35)49-52-37-20-1-27-2-21-39(44(57)40(27)41(37)46)54-50-29-7-13-33(14-8-29)72(58,59)25-23-70-75(64,65)66/h1-22,56-57H,23-26,45-47H2,(H,64,65,66)(H,67,68,69). The lowest BCUT2D eigenvalue weighted by atomic mass is 10.1. The number of rotatable bonds is 21. The molecule has 0 fully saturated rings. The number of hydrogen-bond donors (Lipinski definition) is 7. The summed E-state index contributed by atoms with van der Waals surface area (Å²) in [4.78, 5) is -0.432. The molecule has 7 rings (SSSR count). The number of fused-ring (bicyclic) bond motifs is 1. The first-order chi connectivity index (χ1) is 35.8. The lowest BCUT2D eigenvalue weighted by Crippen LogP contribution is -2.15. The van der Waals surface area contributed by atoms with Crippen LogP contribution >= 0.6 is 0 Å². The van der Waals surface area contributed by atoms with Crippen molar-refractivity contribution in [2.24, 2.45) is 40.9 Å². The zero-order valence-corrected chi connectivity index (χ0v) is 42.7. The van der Waals surface area contributed by atoms with Gasteiger partial charge in [0.25, 0.3) is 10.0 Å². The third-order valence-corrected chi connectivity index (χ3v) is 16.0. The molecule has 7 aromatic carbocycles. The summed E-state index contributed by atoms with van der Waals surface area (Å²) < 4.78 is 147. The average molecular weight is 1140 g/mol. The highest BCUT2D eigenvalue weighted by atomic mass is 32.3. The van der Waals surface area contributed by atoms with Gasteiger partial charge in [-0.25, -0.2) is 33.6 Å². The fourth-order valence-corrected chi connectivity index (χ4v) is 10.5. The minimum Gasteiger partial charge on any atom is -0.505 e. The molecule has 32 heteroatoms. The molecule has 0 unspecified atom stereocenters. The van der Waals surface area contributed by atoms with E-state index in [-0.39, 0.29) is 88.4 Å². The summed E-state index contributed by atoms with van der Waals surface area (Å²) >= 11 is 0. The average Bonchev–Trinajstić information content (AvgIpc) is 3.35. The second kappa shape index (κ2) is 22.7. The molecular formula is C44H40N12O15S5. The maximum absolute atomic E-state index is 13.3. The Morgan fingerprint density at radius 3 is 1.28 bits per heavy atom. The number of hydrogen-bond acceptors (Lipinski definition) is 24. The van der Waals surface area contributed by atoms with Crippen LogP contribution in [0, 0.1) is 0 Å². The van der Waals surface area contributed by atoms with Gasteiger partial charge >= 0.3 is 20.8 Å². The predicted octanol–water partition coefficient (Wildman–Crippen LogP) is 8.94. The van der Waals surface area contributed by atoms with E-state index >= 15 is 0 Å². The van der Waals surface area contributed by atoms with Crippen LogP contribution in [0.1, 0.15) is 0 Å². The molecule has 0 saturated carbocycles. The fourth-order valence-electron chi connectivity index (χ4n) is 6.50. The minimum absolute atomic E-state index is 0.00927. The van der Waals surface area contributed by atoms with Crippen molar-refractivity contribution >= 4 is 130 Å². The monoisotopic (exact) mass is 1140 g/mol. The Bertz CT molecular complexity index is 4040. The Balaban J connectivity index is 0.956. The molecule has 0 spiro atoms. The Morgan fingerprint density at radius 2 is 0.816 bits per heavy atom. The summed E-state index contributed by atoms with van der Waals surface area (Å²) in [6.07, 6.45) is 0. The number of sulfonamides is 1. The van der Waals surface area contributed by atoms with E-state index in [0.29, 0.717) is 11.1 Å². The quantitative estimate of drug-likeness (QED) is 0.0200. The lowest BCUT2D eigenvalue weighted by molar-refractivity contribution is 0.282. The number of nitrogen functional groups attached to an aromatic ring is 3. The minimum atomic E-state index is -4.81. The second-order valence-electron chi connectivity index (χ2n) is 15.5. The van der Waals surface area contributed by atoms with Crippen molar-refractivity contribution in [3.63, 3.8) is 0 Å². The fraction of sp³-hybridized carbons (Fsp3) is 0.0909. The zero-order valence-electron chi connectivity index (χ0n) is 38.6. The van der Waals surface area contributed by atoms with Crippen molar-refractivity contribution in [2.45, 2.75) is 14.7 Å². The Labute approximate surface area is 433 Å². The summed E-state index contributed by atoms with van der Waals surface area (Å²) in [5.74, 6) is -1.78. The van der Waals surface area contributed by atoms with Crippen molar-refractivity contribution < 1.29 is 64.7 Å². The van der Waals surface area contributed by atoms with Gasteiger partial charge in [-0.15, -0.1) is 20.5 Å². The molecular weight excluding hydrogens is 1100 g/mol. The van der Waals surface area contributed by atoms with Gasteiger partial charge in [-0.3, -0.25) is 13.8 Å². The predicted molar refractivity (Wildman–Crippen MR) is 278 cm³/mol. The van der Waals surface area contributed by atoms with Crippen LogP contribution in [0.25, 0.3) is 10.8 Å². The molecule has 0 atom stereocenters. The highest BCUT2D eigenvalue weighted by Crippen LogP contribution is 2.43. The Hall–Kier alpha value is -8.21. The van der Waals surface area contributed by atoms with Crippen LogP contribution in [0.4, 0.5) is 68.2 Å². The number of aromatic hydroxyl groups is 1. The van der Waals surface area contributed by atoms with Gasteiger partial charge in [-0.2, -0.15) is 37.3 Å². The number of nitrogens with two attached hydrogens (primary N) is 3. The summed E-state index contributed by atoms with van der Waals surface area (Å²) in [6, 6.07) is 30.8. The molecule has 7 aromatic rings. The SMILES string of the molecule is Nc1ccc(N=Nc2ccc(NS(=O)(=O)c3ccc(N=Nc4ccc5ccc(N=Nc6ccc(S(=O)(=O)CCOS(=O)(=O)O)cc6)c(O)c5c4N)cc3)cc2)c(N)c1N=Nc1ccc(S(=O)(=O)CCOS(=O)(=O)O)cc1. The molecule has 0 saturated heterocycles. The van der Waals surface area contributed by atoms with Crippen LogP contribution in [-0.4, -0.2) is 81.0 Å². The van der Waals surface area contributed by atoms with Crippen LogP contribution in [0.2, 0.25) is 0 Å². The smallest absolute Gasteiger partial charge is 0.397 e.